The predicted octanol–water partition coefficient (Wildman–Crippen LogP) is 5.91. The van der Waals surface area contributed by atoms with Crippen LogP contribution in [0.25, 0.3) is 16.0 Å². The van der Waals surface area contributed by atoms with Gasteiger partial charge in [-0.25, -0.2) is 4.98 Å². The number of aryl methyl sites for hydroxylation is 3. The van der Waals surface area contributed by atoms with E-state index in [1.807, 2.05) is 62.5 Å². The lowest BCUT2D eigenvalue weighted by atomic mass is 9.99. The molecule has 1 atom stereocenters. The number of rotatable bonds is 3. The number of aliphatic hydroxyl groups is 1. The Morgan fingerprint density at radius 3 is 2.47 bits per heavy atom. The van der Waals surface area contributed by atoms with Crippen molar-refractivity contribution in [2.75, 3.05) is 4.90 Å². The SMILES string of the molecule is Cc1ccc(/C(O)=C2\C(=O)C(=O)N(c3nc4c(C)cc(C)cc4s3)C2c2cccs2)cc1. The summed E-state index contributed by atoms with van der Waals surface area (Å²) in [5.41, 5.74) is 4.59. The highest BCUT2D eigenvalue weighted by Gasteiger charge is 2.48. The van der Waals surface area contributed by atoms with Gasteiger partial charge in [-0.3, -0.25) is 14.5 Å². The Morgan fingerprint density at radius 2 is 1.78 bits per heavy atom. The van der Waals surface area contributed by atoms with E-state index in [1.165, 1.54) is 27.6 Å². The molecular formula is C25H20N2O3S2. The van der Waals surface area contributed by atoms with Gasteiger partial charge in [-0.15, -0.1) is 11.3 Å². The number of hydrogen-bond acceptors (Lipinski definition) is 6. The molecule has 1 saturated heterocycles. The highest BCUT2D eigenvalue weighted by Crippen LogP contribution is 2.45. The third-order valence-electron chi connectivity index (χ3n) is 5.61. The fourth-order valence-corrected chi connectivity index (χ4v) is 6.07. The molecule has 3 heterocycles. The van der Waals surface area contributed by atoms with E-state index in [0.717, 1.165) is 31.8 Å². The van der Waals surface area contributed by atoms with Crippen molar-refractivity contribution in [3.63, 3.8) is 0 Å². The van der Waals surface area contributed by atoms with Crippen LogP contribution in [0, 0.1) is 20.8 Å². The van der Waals surface area contributed by atoms with Crippen LogP contribution >= 0.6 is 22.7 Å². The summed E-state index contributed by atoms with van der Waals surface area (Å²) >= 11 is 2.82. The maximum Gasteiger partial charge on any atom is 0.301 e. The van der Waals surface area contributed by atoms with Gasteiger partial charge in [-0.1, -0.05) is 53.3 Å². The molecule has 0 radical (unpaired) electrons. The zero-order valence-corrected chi connectivity index (χ0v) is 19.4. The van der Waals surface area contributed by atoms with Gasteiger partial charge >= 0.3 is 5.91 Å². The smallest absolute Gasteiger partial charge is 0.301 e. The maximum absolute atomic E-state index is 13.2. The average molecular weight is 461 g/mol. The van der Waals surface area contributed by atoms with Crippen molar-refractivity contribution < 1.29 is 14.7 Å². The number of amides is 1. The average Bonchev–Trinajstić information content (AvgIpc) is 3.47. The van der Waals surface area contributed by atoms with E-state index in [4.69, 9.17) is 4.98 Å². The molecular weight excluding hydrogens is 440 g/mol. The summed E-state index contributed by atoms with van der Waals surface area (Å²) in [5.74, 6) is -1.54. The minimum atomic E-state index is -0.724. The number of benzene rings is 2. The van der Waals surface area contributed by atoms with Crippen molar-refractivity contribution in [2.45, 2.75) is 26.8 Å². The summed E-state index contributed by atoms with van der Waals surface area (Å²) in [4.78, 5) is 33.4. The molecule has 0 saturated carbocycles. The van der Waals surface area contributed by atoms with Crippen molar-refractivity contribution in [2.24, 2.45) is 0 Å². The van der Waals surface area contributed by atoms with Gasteiger partial charge in [0, 0.05) is 10.4 Å². The molecule has 1 aliphatic heterocycles. The Kier molecular flexibility index (Phi) is 4.95. The number of thiophene rings is 1. The molecule has 1 N–H and O–H groups in total. The zero-order valence-electron chi connectivity index (χ0n) is 17.7. The van der Waals surface area contributed by atoms with Crippen molar-refractivity contribution in [3.05, 3.63) is 86.6 Å². The normalized spacial score (nSPS) is 18.1. The second-order valence-electron chi connectivity index (χ2n) is 7.98. The number of fused-ring (bicyclic) bond motifs is 1. The Bertz CT molecular complexity index is 1400. The highest BCUT2D eigenvalue weighted by molar-refractivity contribution is 7.22. The van der Waals surface area contributed by atoms with Crippen molar-refractivity contribution in [1.82, 2.24) is 4.98 Å². The molecule has 7 heteroatoms. The minimum Gasteiger partial charge on any atom is -0.507 e. The van der Waals surface area contributed by atoms with Gasteiger partial charge in [0.15, 0.2) is 5.13 Å². The Labute approximate surface area is 193 Å². The van der Waals surface area contributed by atoms with Crippen LogP contribution in [0.1, 0.15) is 33.2 Å². The summed E-state index contributed by atoms with van der Waals surface area (Å²) in [6.45, 7) is 5.96. The van der Waals surface area contributed by atoms with Crippen LogP contribution in [-0.4, -0.2) is 21.8 Å². The largest absolute Gasteiger partial charge is 0.507 e. The van der Waals surface area contributed by atoms with Gasteiger partial charge in [-0.2, -0.15) is 0 Å². The lowest BCUT2D eigenvalue weighted by Gasteiger charge is -2.21. The molecule has 4 aromatic rings. The monoisotopic (exact) mass is 460 g/mol. The van der Waals surface area contributed by atoms with E-state index in [0.29, 0.717) is 10.7 Å². The van der Waals surface area contributed by atoms with E-state index in [-0.39, 0.29) is 11.3 Å². The van der Waals surface area contributed by atoms with Crippen molar-refractivity contribution >= 4 is 55.5 Å². The van der Waals surface area contributed by atoms with E-state index < -0.39 is 17.7 Å². The fourth-order valence-electron chi connectivity index (χ4n) is 4.07. The second kappa shape index (κ2) is 7.69. The second-order valence-corrected chi connectivity index (χ2v) is 9.96. The molecule has 2 aromatic carbocycles. The summed E-state index contributed by atoms with van der Waals surface area (Å²) in [6, 6.07) is 14.4. The molecule has 5 nitrogen and oxygen atoms in total. The molecule has 5 rings (SSSR count). The maximum atomic E-state index is 13.2. The van der Waals surface area contributed by atoms with Crippen molar-refractivity contribution in [1.29, 1.82) is 0 Å². The number of nitrogens with zero attached hydrogens (tertiary/aromatic N) is 2. The van der Waals surface area contributed by atoms with Gasteiger partial charge < -0.3 is 5.11 Å². The number of carbonyl (C=O) groups excluding carboxylic acids is 2. The third kappa shape index (κ3) is 3.25. The van der Waals surface area contributed by atoms with E-state index in [1.54, 1.807) is 12.1 Å². The molecule has 0 aliphatic carbocycles. The summed E-state index contributed by atoms with van der Waals surface area (Å²) in [6.07, 6.45) is 0. The van der Waals surface area contributed by atoms with Crippen LogP contribution in [0.4, 0.5) is 5.13 Å². The third-order valence-corrected chi connectivity index (χ3v) is 7.53. The van der Waals surface area contributed by atoms with Crippen LogP contribution in [0.15, 0.2) is 59.5 Å². The predicted molar refractivity (Wildman–Crippen MR) is 129 cm³/mol. The molecule has 1 amide bonds. The first-order chi connectivity index (χ1) is 15.3. The number of ketones is 1. The first-order valence-corrected chi connectivity index (χ1v) is 11.8. The number of aliphatic hydroxyl groups excluding tert-OH is 1. The quantitative estimate of drug-likeness (QED) is 0.234. The Balaban J connectivity index is 1.72. The fraction of sp³-hybridized carbons (Fsp3) is 0.160. The molecule has 1 unspecified atom stereocenters. The van der Waals surface area contributed by atoms with Crippen LogP contribution in [0.2, 0.25) is 0 Å². The molecule has 1 fully saturated rings. The first kappa shape index (κ1) is 20.6. The standard InChI is InChI=1S/C25H20N2O3S2/c1-13-6-8-16(9-7-13)22(28)19-21(17-5-4-10-31-17)27(24(30)23(19)29)25-26-20-15(3)11-14(2)12-18(20)32-25/h4-12,21,28H,1-3H3/b22-19+. The van der Waals surface area contributed by atoms with Crippen LogP contribution in [-0.2, 0) is 9.59 Å². The van der Waals surface area contributed by atoms with Gasteiger partial charge in [0.05, 0.1) is 15.8 Å². The summed E-state index contributed by atoms with van der Waals surface area (Å²) in [7, 11) is 0. The van der Waals surface area contributed by atoms with Gasteiger partial charge in [0.2, 0.25) is 0 Å². The lowest BCUT2D eigenvalue weighted by molar-refractivity contribution is -0.132. The zero-order chi connectivity index (χ0) is 22.6. The minimum absolute atomic E-state index is 0.0912. The van der Waals surface area contributed by atoms with Gasteiger partial charge in [-0.05, 0) is 49.4 Å². The van der Waals surface area contributed by atoms with Crippen LogP contribution < -0.4 is 4.90 Å². The summed E-state index contributed by atoms with van der Waals surface area (Å²) in [5, 5.41) is 13.5. The molecule has 0 bridgehead atoms. The van der Waals surface area contributed by atoms with Crippen LogP contribution in [0.5, 0.6) is 0 Å². The number of carbonyl (C=O) groups is 2. The Hall–Kier alpha value is -3.29. The van der Waals surface area contributed by atoms with Gasteiger partial charge in [0.25, 0.3) is 5.78 Å². The lowest BCUT2D eigenvalue weighted by Crippen LogP contribution is -2.28. The van der Waals surface area contributed by atoms with E-state index in [2.05, 4.69) is 0 Å². The van der Waals surface area contributed by atoms with Gasteiger partial charge in [0.1, 0.15) is 11.8 Å². The highest BCUT2D eigenvalue weighted by atomic mass is 32.1. The summed E-state index contributed by atoms with van der Waals surface area (Å²) < 4.78 is 0.961. The molecule has 1 aliphatic rings. The number of anilines is 1. The number of thiazole rings is 1. The number of aromatic nitrogens is 1. The Morgan fingerprint density at radius 1 is 1.03 bits per heavy atom. The number of Topliss-reactive ketones (excluding diaryl/α,β-unsaturated/α-hetero) is 1. The number of hydrogen-bond donors (Lipinski definition) is 1. The van der Waals surface area contributed by atoms with Crippen LogP contribution in [0.3, 0.4) is 0 Å². The van der Waals surface area contributed by atoms with Crippen molar-refractivity contribution in [3.8, 4) is 0 Å². The molecule has 160 valence electrons. The molecule has 2 aromatic heterocycles. The topological polar surface area (TPSA) is 70.5 Å². The van der Waals surface area contributed by atoms with E-state index >= 15 is 0 Å². The first-order valence-electron chi connectivity index (χ1n) is 10.1. The van der Waals surface area contributed by atoms with E-state index in [9.17, 15) is 14.7 Å². The molecule has 32 heavy (non-hydrogen) atoms. The molecule has 0 spiro atoms.